The predicted molar refractivity (Wildman–Crippen MR) is 80.2 cm³/mol. The molecule has 14 heteroatoms. The van der Waals surface area contributed by atoms with E-state index in [4.69, 9.17) is 4.55 Å². The summed E-state index contributed by atoms with van der Waals surface area (Å²) < 4.78 is 85.1. The summed E-state index contributed by atoms with van der Waals surface area (Å²) in [7, 11) is -11.9. The molecule has 0 radical (unpaired) electrons. The Hall–Kier alpha value is -1.13. The molecule has 1 rings (SSSR count). The Morgan fingerprint density at radius 1 is 1.09 bits per heavy atom. The van der Waals surface area contributed by atoms with E-state index in [2.05, 4.69) is 14.4 Å². The highest BCUT2D eigenvalue weighted by Gasteiger charge is 2.25. The molecule has 0 unspecified atom stereocenters. The smallest absolute Gasteiger partial charge is 0.304 e. The maximum atomic E-state index is 12.0. The van der Waals surface area contributed by atoms with E-state index in [0.717, 1.165) is 18.2 Å². The first-order chi connectivity index (χ1) is 10.4. The summed E-state index contributed by atoms with van der Waals surface area (Å²) >= 11 is 0. The molecule has 0 saturated carbocycles. The summed E-state index contributed by atoms with van der Waals surface area (Å²) in [5, 5.41) is 6.91. The van der Waals surface area contributed by atoms with Crippen LogP contribution >= 0.6 is 10.9 Å². The van der Waals surface area contributed by atoms with Crippen molar-refractivity contribution in [3.05, 3.63) is 18.2 Å². The first-order valence-electron chi connectivity index (χ1n) is 5.66. The lowest BCUT2D eigenvalue weighted by Crippen LogP contribution is -2.15. The van der Waals surface area contributed by atoms with Crippen LogP contribution in [0.2, 0.25) is 0 Å². The molecule has 0 spiro atoms. The monoisotopic (exact) mass is 390 g/mol. The van der Waals surface area contributed by atoms with Gasteiger partial charge in [0.1, 0.15) is 16.6 Å². The Morgan fingerprint density at radius 2 is 1.70 bits per heavy atom. The maximum absolute atomic E-state index is 12.0. The third-order valence-corrected chi connectivity index (χ3v) is 5.44. The molecule has 23 heavy (non-hydrogen) atoms. The number of azo groups is 1. The zero-order chi connectivity index (χ0) is 17.9. The van der Waals surface area contributed by atoms with Gasteiger partial charge in [-0.2, -0.15) is 18.6 Å². The number of benzene rings is 1. The van der Waals surface area contributed by atoms with Crippen molar-refractivity contribution in [3.63, 3.8) is 0 Å². The van der Waals surface area contributed by atoms with E-state index in [9.17, 15) is 30.5 Å². The van der Waals surface area contributed by atoms with Gasteiger partial charge in [-0.3, -0.25) is 4.55 Å². The van der Waals surface area contributed by atoms with E-state index in [1.54, 1.807) is 0 Å². The topological polar surface area (TPSA) is 183 Å². The van der Waals surface area contributed by atoms with Crippen LogP contribution in [0.4, 0.5) is 5.69 Å². The zero-order valence-corrected chi connectivity index (χ0v) is 14.0. The second-order valence-electron chi connectivity index (χ2n) is 4.02. The molecular weight excluding hydrogens is 376 g/mol. The summed E-state index contributed by atoms with van der Waals surface area (Å²) in [6.45, 7) is -0.845. The average Bonchev–Trinajstić information content (AvgIpc) is 2.36. The van der Waals surface area contributed by atoms with Crippen molar-refractivity contribution in [3.8, 4) is 0 Å². The van der Waals surface area contributed by atoms with E-state index < -0.39 is 53.3 Å². The van der Waals surface area contributed by atoms with Crippen molar-refractivity contribution in [2.45, 2.75) is 9.79 Å². The normalized spacial score (nSPS) is 14.3. The highest BCUT2D eigenvalue weighted by atomic mass is 32.3. The lowest BCUT2D eigenvalue weighted by Gasteiger charge is -2.21. The molecule has 1 aromatic rings. The van der Waals surface area contributed by atoms with Crippen molar-refractivity contribution in [2.75, 3.05) is 19.4 Å². The lowest BCUT2D eigenvalue weighted by atomic mass is 10.3. The molecule has 0 atom stereocenters. The lowest BCUT2D eigenvalue weighted by molar-refractivity contribution is 0.284. The van der Waals surface area contributed by atoms with Gasteiger partial charge in [-0.1, -0.05) is 0 Å². The molecule has 11 nitrogen and oxygen atoms in total. The van der Waals surface area contributed by atoms with Gasteiger partial charge < -0.3 is 13.7 Å². The van der Waals surface area contributed by atoms with Crippen molar-refractivity contribution >= 4 is 36.8 Å². The van der Waals surface area contributed by atoms with E-state index in [1.807, 2.05) is 0 Å². The van der Waals surface area contributed by atoms with Gasteiger partial charge in [0.15, 0.2) is 9.84 Å². The van der Waals surface area contributed by atoms with Crippen molar-refractivity contribution < 1.29 is 39.2 Å². The molecule has 0 aromatic heterocycles. The largest absolute Gasteiger partial charge is 0.397 e. The van der Waals surface area contributed by atoms with Crippen LogP contribution in [0.15, 0.2) is 38.2 Å². The van der Waals surface area contributed by atoms with Crippen LogP contribution < -0.4 is 0 Å². The minimum atomic E-state index is -4.78. The standard InChI is InChI=1S/C9H14N2O9S3/c1-10-11-8-3-2-7(6-9(8)22(14,15)16)21(12,13)5-4-20-23(17,18)19/h2-3,6,14-16H,4-5H2,1H3,(H,17,18,19). The van der Waals surface area contributed by atoms with Gasteiger partial charge in [0.05, 0.1) is 22.2 Å². The van der Waals surface area contributed by atoms with Gasteiger partial charge in [-0.15, -0.1) is 0 Å². The van der Waals surface area contributed by atoms with Crippen LogP contribution in [-0.2, 0) is 24.4 Å². The van der Waals surface area contributed by atoms with Crippen molar-refractivity contribution in [2.24, 2.45) is 10.2 Å². The number of rotatable bonds is 7. The van der Waals surface area contributed by atoms with Crippen molar-refractivity contribution in [1.82, 2.24) is 0 Å². The highest BCUT2D eigenvalue weighted by Crippen LogP contribution is 2.49. The van der Waals surface area contributed by atoms with Gasteiger partial charge in [-0.25, -0.2) is 12.6 Å². The Kier molecular flexibility index (Phi) is 6.22. The Morgan fingerprint density at radius 3 is 2.17 bits per heavy atom. The fourth-order valence-electron chi connectivity index (χ4n) is 1.46. The van der Waals surface area contributed by atoms with Crippen molar-refractivity contribution in [1.29, 1.82) is 0 Å². The van der Waals surface area contributed by atoms with Crippen LogP contribution in [0, 0.1) is 0 Å². The number of sulfone groups is 1. The van der Waals surface area contributed by atoms with Crippen LogP contribution in [0.25, 0.3) is 0 Å². The number of hydrogen-bond acceptors (Lipinski definition) is 10. The fraction of sp³-hybridized carbons (Fsp3) is 0.333. The van der Waals surface area contributed by atoms with Crippen LogP contribution in [0.3, 0.4) is 0 Å². The van der Waals surface area contributed by atoms with Gasteiger partial charge in [0.25, 0.3) is 0 Å². The van der Waals surface area contributed by atoms with Crippen LogP contribution in [0.5, 0.6) is 0 Å². The third-order valence-electron chi connectivity index (χ3n) is 2.38. The molecule has 0 bridgehead atoms. The van der Waals surface area contributed by atoms with Gasteiger partial charge >= 0.3 is 10.4 Å². The Balaban J connectivity index is 3.17. The molecule has 132 valence electrons. The summed E-state index contributed by atoms with van der Waals surface area (Å²) in [6, 6.07) is 2.92. The van der Waals surface area contributed by atoms with Gasteiger partial charge in [0.2, 0.25) is 0 Å². The van der Waals surface area contributed by atoms with E-state index in [0.29, 0.717) is 0 Å². The van der Waals surface area contributed by atoms with E-state index in [-0.39, 0.29) is 5.69 Å². The first kappa shape index (κ1) is 19.9. The molecule has 0 aliphatic rings. The first-order valence-corrected chi connectivity index (χ1v) is 10.2. The summed E-state index contributed by atoms with van der Waals surface area (Å²) in [4.78, 5) is -0.990. The molecule has 0 amide bonds. The Labute approximate surface area is 134 Å². The summed E-state index contributed by atoms with van der Waals surface area (Å²) in [6.07, 6.45) is 0. The molecule has 0 aliphatic carbocycles. The molecule has 0 heterocycles. The number of nitrogens with zero attached hydrogens (tertiary/aromatic N) is 2. The van der Waals surface area contributed by atoms with Gasteiger partial charge in [-0.05, 0) is 18.2 Å². The SMILES string of the molecule is CN=Nc1ccc(S(=O)(=O)CCOS(=O)(=O)O)cc1S(O)(O)O. The minimum absolute atomic E-state index is 0.150. The maximum Gasteiger partial charge on any atom is 0.397 e. The molecule has 4 N–H and O–H groups in total. The third kappa shape index (κ3) is 6.11. The molecular formula is C9H14N2O9S3. The average molecular weight is 390 g/mol. The predicted octanol–water partition coefficient (Wildman–Crippen LogP) is 1.58. The zero-order valence-electron chi connectivity index (χ0n) is 11.6. The fourth-order valence-corrected chi connectivity index (χ4v) is 3.72. The Bertz CT molecular complexity index is 796. The molecule has 0 saturated heterocycles. The highest BCUT2D eigenvalue weighted by molar-refractivity contribution is 8.19. The van der Waals surface area contributed by atoms with Crippen LogP contribution in [0.1, 0.15) is 0 Å². The second kappa shape index (κ2) is 7.18. The summed E-state index contributed by atoms with van der Waals surface area (Å²) in [5.41, 5.74) is -0.150. The quantitative estimate of drug-likeness (QED) is 0.396. The molecule has 1 aromatic carbocycles. The van der Waals surface area contributed by atoms with Crippen LogP contribution in [-0.4, -0.2) is 54.5 Å². The second-order valence-corrected chi connectivity index (χ2v) is 8.69. The number of hydrogen-bond donors (Lipinski definition) is 4. The molecule has 0 fully saturated rings. The minimum Gasteiger partial charge on any atom is -0.304 e. The molecule has 0 aliphatic heterocycles. The van der Waals surface area contributed by atoms with Gasteiger partial charge in [0, 0.05) is 7.05 Å². The van der Waals surface area contributed by atoms with E-state index >= 15 is 0 Å². The van der Waals surface area contributed by atoms with E-state index in [1.165, 1.54) is 7.05 Å². The summed E-state index contributed by atoms with van der Waals surface area (Å²) in [5.74, 6) is -0.814.